The molecule has 1 aliphatic heterocycles. The Hall–Kier alpha value is -4.10. The Labute approximate surface area is 209 Å². The Morgan fingerprint density at radius 1 is 1.00 bits per heavy atom. The predicted molar refractivity (Wildman–Crippen MR) is 136 cm³/mol. The number of aromatic nitrogens is 1. The van der Waals surface area contributed by atoms with Gasteiger partial charge >= 0.3 is 0 Å². The van der Waals surface area contributed by atoms with Gasteiger partial charge in [-0.05, 0) is 87.0 Å². The molecule has 0 saturated carbocycles. The maximum atomic E-state index is 13.8. The highest BCUT2D eigenvalue weighted by Gasteiger charge is 2.27. The zero-order valence-corrected chi connectivity index (χ0v) is 20.0. The first kappa shape index (κ1) is 23.6. The van der Waals surface area contributed by atoms with Gasteiger partial charge < -0.3 is 24.8 Å². The first-order valence-electron chi connectivity index (χ1n) is 12.1. The third kappa shape index (κ3) is 4.97. The van der Waals surface area contributed by atoms with Gasteiger partial charge in [-0.1, -0.05) is 23.7 Å². The number of hydrogen-bond donors (Lipinski definition) is 3. The Kier molecular flexibility index (Phi) is 6.73. The second kappa shape index (κ2) is 10.3. The third-order valence-corrected chi connectivity index (χ3v) is 6.52. The van der Waals surface area contributed by atoms with Gasteiger partial charge in [0.25, 0.3) is 0 Å². The molecule has 7 nitrogen and oxygen atoms in total. The second-order valence-electron chi connectivity index (χ2n) is 9.07. The van der Waals surface area contributed by atoms with Crippen molar-refractivity contribution < 1.29 is 24.3 Å². The zero-order chi connectivity index (χ0) is 25.1. The van der Waals surface area contributed by atoms with Crippen molar-refractivity contribution in [3.8, 4) is 39.8 Å². The van der Waals surface area contributed by atoms with Crippen molar-refractivity contribution >= 4 is 5.78 Å². The lowest BCUT2D eigenvalue weighted by Gasteiger charge is -2.29. The van der Waals surface area contributed by atoms with E-state index in [-0.39, 0.29) is 34.7 Å². The largest absolute Gasteiger partial charge is 0.508 e. The van der Waals surface area contributed by atoms with E-state index in [4.69, 9.17) is 9.26 Å². The smallest absolute Gasteiger partial charge is 0.199 e. The summed E-state index contributed by atoms with van der Waals surface area (Å²) in [7, 11) is 0. The molecule has 36 heavy (non-hydrogen) atoms. The highest BCUT2D eigenvalue weighted by molar-refractivity contribution is 6.15. The van der Waals surface area contributed by atoms with Gasteiger partial charge in [0.15, 0.2) is 11.5 Å². The number of ether oxygens (including phenoxy) is 1. The fourth-order valence-corrected chi connectivity index (χ4v) is 4.57. The second-order valence-corrected chi connectivity index (χ2v) is 9.07. The van der Waals surface area contributed by atoms with Crippen molar-refractivity contribution in [1.29, 1.82) is 0 Å². The van der Waals surface area contributed by atoms with Gasteiger partial charge in [-0.3, -0.25) is 4.79 Å². The highest BCUT2D eigenvalue weighted by atomic mass is 16.5. The minimum Gasteiger partial charge on any atom is -0.508 e. The molecule has 4 aromatic rings. The van der Waals surface area contributed by atoms with Crippen molar-refractivity contribution in [2.45, 2.75) is 38.3 Å². The summed E-state index contributed by atoms with van der Waals surface area (Å²) in [5, 5.41) is 27.4. The van der Waals surface area contributed by atoms with Crippen LogP contribution in [0.25, 0.3) is 22.6 Å². The summed E-state index contributed by atoms with van der Waals surface area (Å²) >= 11 is 0. The van der Waals surface area contributed by atoms with Crippen LogP contribution in [-0.4, -0.2) is 39.8 Å². The SMILES string of the molecule is CC(Oc1ccc(C(=O)c2c(-c3cccc(O)c3)noc2-c2ccc(O)cc2)cc1)C1CCCCN1. The molecule has 0 aliphatic carbocycles. The van der Waals surface area contributed by atoms with Crippen LogP contribution in [0, 0.1) is 0 Å². The van der Waals surface area contributed by atoms with Gasteiger partial charge in [-0.2, -0.15) is 0 Å². The van der Waals surface area contributed by atoms with Gasteiger partial charge in [0.05, 0.1) is 5.56 Å². The van der Waals surface area contributed by atoms with E-state index in [1.807, 2.05) is 0 Å². The fourth-order valence-electron chi connectivity index (χ4n) is 4.57. The summed E-state index contributed by atoms with van der Waals surface area (Å²) in [6.45, 7) is 3.07. The molecule has 0 spiro atoms. The van der Waals surface area contributed by atoms with Gasteiger partial charge in [-0.15, -0.1) is 0 Å². The standard InChI is InChI=1S/C29H28N2O5/c1-18(25-7-2-3-16-30-25)35-24-14-10-19(11-15-24)28(34)26-27(21-5-4-6-23(33)17-21)31-36-29(26)20-8-12-22(32)13-9-20/h4-6,8-15,17-18,25,30,32-33H,2-3,7,16H2,1H3. The van der Waals surface area contributed by atoms with Crippen LogP contribution >= 0.6 is 0 Å². The van der Waals surface area contributed by atoms with E-state index in [9.17, 15) is 15.0 Å². The molecule has 5 rings (SSSR count). The molecule has 3 N–H and O–H groups in total. The van der Waals surface area contributed by atoms with Crippen LogP contribution in [0.15, 0.2) is 77.3 Å². The number of benzene rings is 3. The lowest BCUT2D eigenvalue weighted by Crippen LogP contribution is -2.44. The van der Waals surface area contributed by atoms with Crippen molar-refractivity contribution in [2.24, 2.45) is 0 Å². The van der Waals surface area contributed by atoms with Crippen LogP contribution in [0.2, 0.25) is 0 Å². The molecule has 0 bridgehead atoms. The van der Waals surface area contributed by atoms with Gasteiger partial charge in [-0.25, -0.2) is 0 Å². The van der Waals surface area contributed by atoms with Gasteiger partial charge in [0.2, 0.25) is 0 Å². The summed E-state index contributed by atoms with van der Waals surface area (Å²) < 4.78 is 11.8. The molecule has 184 valence electrons. The molecule has 1 saturated heterocycles. The topological polar surface area (TPSA) is 105 Å². The van der Waals surface area contributed by atoms with Crippen molar-refractivity contribution in [2.75, 3.05) is 6.54 Å². The van der Waals surface area contributed by atoms with Gasteiger partial charge in [0, 0.05) is 22.7 Å². The average molecular weight is 485 g/mol. The van der Waals surface area contributed by atoms with Crippen LogP contribution in [0.4, 0.5) is 0 Å². The van der Waals surface area contributed by atoms with E-state index in [1.54, 1.807) is 54.6 Å². The quantitative estimate of drug-likeness (QED) is 0.295. The predicted octanol–water partition coefficient (Wildman–Crippen LogP) is 5.56. The number of rotatable bonds is 7. The minimum atomic E-state index is -0.272. The number of phenolic OH excluding ortho intramolecular Hbond substituents is 2. The molecule has 2 heterocycles. The van der Waals surface area contributed by atoms with E-state index in [0.29, 0.717) is 34.2 Å². The number of phenols is 2. The Morgan fingerprint density at radius 3 is 2.47 bits per heavy atom. The van der Waals surface area contributed by atoms with Gasteiger partial charge in [0.1, 0.15) is 29.0 Å². The fraction of sp³-hybridized carbons (Fsp3) is 0.241. The molecule has 1 aliphatic rings. The van der Waals surface area contributed by atoms with Crippen molar-refractivity contribution in [1.82, 2.24) is 10.5 Å². The Balaban J connectivity index is 1.46. The van der Waals surface area contributed by atoms with E-state index >= 15 is 0 Å². The molecular weight excluding hydrogens is 456 g/mol. The summed E-state index contributed by atoms with van der Waals surface area (Å²) in [4.78, 5) is 13.8. The number of carbonyl (C=O) groups excluding carboxylic acids is 1. The number of hydrogen-bond acceptors (Lipinski definition) is 7. The Bertz CT molecular complexity index is 1340. The normalized spacial score (nSPS) is 16.4. The molecule has 3 aromatic carbocycles. The molecule has 7 heteroatoms. The molecule has 1 aromatic heterocycles. The average Bonchev–Trinajstić information content (AvgIpc) is 3.35. The summed E-state index contributed by atoms with van der Waals surface area (Å²) in [5.41, 5.74) is 2.22. The number of carbonyl (C=O) groups is 1. The van der Waals surface area contributed by atoms with Crippen LogP contribution in [-0.2, 0) is 0 Å². The molecule has 0 radical (unpaired) electrons. The number of piperidine rings is 1. The lowest BCUT2D eigenvalue weighted by molar-refractivity contribution is 0.103. The molecule has 1 fully saturated rings. The molecule has 2 atom stereocenters. The van der Waals surface area contributed by atoms with Crippen molar-refractivity contribution in [3.63, 3.8) is 0 Å². The van der Waals surface area contributed by atoms with Crippen LogP contribution in [0.1, 0.15) is 42.1 Å². The van der Waals surface area contributed by atoms with E-state index in [1.165, 1.54) is 31.0 Å². The maximum Gasteiger partial charge on any atom is 0.199 e. The van der Waals surface area contributed by atoms with Crippen LogP contribution < -0.4 is 10.1 Å². The monoisotopic (exact) mass is 484 g/mol. The molecule has 0 amide bonds. The number of aromatic hydroxyl groups is 2. The van der Waals surface area contributed by atoms with Crippen molar-refractivity contribution in [3.05, 3.63) is 83.9 Å². The summed E-state index contributed by atoms with van der Waals surface area (Å²) in [6, 6.07) is 20.3. The minimum absolute atomic E-state index is 0.0170. The lowest BCUT2D eigenvalue weighted by atomic mass is 9.95. The van der Waals surface area contributed by atoms with Crippen LogP contribution in [0.3, 0.4) is 0 Å². The summed E-state index contributed by atoms with van der Waals surface area (Å²) in [6.07, 6.45) is 3.49. The highest BCUT2D eigenvalue weighted by Crippen LogP contribution is 2.36. The van der Waals surface area contributed by atoms with E-state index in [2.05, 4.69) is 17.4 Å². The zero-order valence-electron chi connectivity index (χ0n) is 20.0. The molecule has 2 unspecified atom stereocenters. The van der Waals surface area contributed by atoms with E-state index < -0.39 is 0 Å². The first-order valence-corrected chi connectivity index (χ1v) is 12.1. The van der Waals surface area contributed by atoms with Crippen LogP contribution in [0.5, 0.6) is 17.2 Å². The maximum absolute atomic E-state index is 13.8. The molecular formula is C29H28N2O5. The first-order chi connectivity index (χ1) is 17.5. The summed E-state index contributed by atoms with van der Waals surface area (Å²) in [5.74, 6) is 0.876. The van der Waals surface area contributed by atoms with E-state index in [0.717, 1.165) is 13.0 Å². The number of nitrogens with one attached hydrogen (secondary N) is 1. The number of nitrogens with zero attached hydrogens (tertiary/aromatic N) is 1. The Morgan fingerprint density at radius 2 is 1.78 bits per heavy atom. The third-order valence-electron chi connectivity index (χ3n) is 6.52. The number of ketones is 1.